The SMILES string of the molecule is CN(CCc1ccncc1)C(=O)NCC(C)(C)C. The van der Waals surface area contributed by atoms with Crippen LogP contribution in [0.4, 0.5) is 4.79 Å². The molecule has 0 bridgehead atoms. The number of amides is 2. The number of aromatic nitrogens is 1. The zero-order chi connectivity index (χ0) is 13.6. The number of urea groups is 1. The first-order valence-corrected chi connectivity index (χ1v) is 6.26. The summed E-state index contributed by atoms with van der Waals surface area (Å²) in [5.74, 6) is 0. The van der Waals surface area contributed by atoms with E-state index in [0.717, 1.165) is 6.42 Å². The van der Waals surface area contributed by atoms with Crippen molar-refractivity contribution in [3.8, 4) is 0 Å². The third-order valence-electron chi connectivity index (χ3n) is 2.60. The van der Waals surface area contributed by atoms with Gasteiger partial charge in [0.05, 0.1) is 0 Å². The van der Waals surface area contributed by atoms with Crippen LogP contribution in [0.2, 0.25) is 0 Å². The minimum Gasteiger partial charge on any atom is -0.337 e. The van der Waals surface area contributed by atoms with Crippen LogP contribution in [0.25, 0.3) is 0 Å². The van der Waals surface area contributed by atoms with Gasteiger partial charge in [-0.2, -0.15) is 0 Å². The highest BCUT2D eigenvalue weighted by Gasteiger charge is 2.14. The second kappa shape index (κ2) is 6.38. The first-order valence-electron chi connectivity index (χ1n) is 6.26. The molecule has 0 spiro atoms. The summed E-state index contributed by atoms with van der Waals surface area (Å²) >= 11 is 0. The molecular formula is C14H23N3O. The van der Waals surface area contributed by atoms with Crippen molar-refractivity contribution in [3.05, 3.63) is 30.1 Å². The molecule has 100 valence electrons. The summed E-state index contributed by atoms with van der Waals surface area (Å²) in [6, 6.07) is 3.93. The van der Waals surface area contributed by atoms with Gasteiger partial charge in [-0.1, -0.05) is 20.8 Å². The van der Waals surface area contributed by atoms with Gasteiger partial charge in [-0.15, -0.1) is 0 Å². The molecule has 0 aliphatic heterocycles. The largest absolute Gasteiger partial charge is 0.337 e. The van der Waals surface area contributed by atoms with E-state index in [9.17, 15) is 4.79 Å². The average molecular weight is 249 g/mol. The molecule has 2 amide bonds. The third-order valence-corrected chi connectivity index (χ3v) is 2.60. The molecule has 1 rings (SSSR count). The van der Waals surface area contributed by atoms with Crippen molar-refractivity contribution in [3.63, 3.8) is 0 Å². The number of rotatable bonds is 4. The number of nitrogens with zero attached hydrogens (tertiary/aromatic N) is 2. The molecular weight excluding hydrogens is 226 g/mol. The predicted octanol–water partition coefficient (Wildman–Crippen LogP) is 2.31. The number of carbonyl (C=O) groups is 1. The maximum atomic E-state index is 11.8. The standard InChI is InChI=1S/C14H23N3O/c1-14(2,3)11-16-13(18)17(4)10-7-12-5-8-15-9-6-12/h5-6,8-9H,7,10-11H2,1-4H3,(H,16,18). The normalized spacial score (nSPS) is 11.1. The van der Waals surface area contributed by atoms with Gasteiger partial charge in [0.1, 0.15) is 0 Å². The second-order valence-corrected chi connectivity index (χ2v) is 5.75. The van der Waals surface area contributed by atoms with Gasteiger partial charge in [0, 0.05) is 32.5 Å². The quantitative estimate of drug-likeness (QED) is 0.890. The van der Waals surface area contributed by atoms with Gasteiger partial charge in [-0.3, -0.25) is 4.98 Å². The minimum atomic E-state index is -0.0148. The van der Waals surface area contributed by atoms with Crippen molar-refractivity contribution in [2.45, 2.75) is 27.2 Å². The zero-order valence-corrected chi connectivity index (χ0v) is 11.7. The lowest BCUT2D eigenvalue weighted by Crippen LogP contribution is -2.41. The van der Waals surface area contributed by atoms with Gasteiger partial charge in [0.25, 0.3) is 0 Å². The fourth-order valence-corrected chi connectivity index (χ4v) is 1.42. The lowest BCUT2D eigenvalue weighted by atomic mass is 9.97. The molecule has 0 saturated carbocycles. The molecule has 0 aromatic carbocycles. The van der Waals surface area contributed by atoms with Crippen molar-refractivity contribution >= 4 is 6.03 Å². The first kappa shape index (κ1) is 14.5. The summed E-state index contributed by atoms with van der Waals surface area (Å²) in [5.41, 5.74) is 1.31. The molecule has 1 heterocycles. The maximum Gasteiger partial charge on any atom is 0.317 e. The van der Waals surface area contributed by atoms with Crippen molar-refractivity contribution in [1.82, 2.24) is 15.2 Å². The van der Waals surface area contributed by atoms with E-state index in [1.54, 1.807) is 17.3 Å². The molecule has 0 atom stereocenters. The van der Waals surface area contributed by atoms with E-state index in [2.05, 4.69) is 31.1 Å². The molecule has 1 aromatic rings. The lowest BCUT2D eigenvalue weighted by Gasteiger charge is -2.23. The smallest absolute Gasteiger partial charge is 0.317 e. The van der Waals surface area contributed by atoms with E-state index in [-0.39, 0.29) is 11.4 Å². The van der Waals surface area contributed by atoms with Crippen molar-refractivity contribution < 1.29 is 4.79 Å². The van der Waals surface area contributed by atoms with Crippen molar-refractivity contribution in [2.24, 2.45) is 5.41 Å². The van der Waals surface area contributed by atoms with E-state index in [1.165, 1.54) is 5.56 Å². The summed E-state index contributed by atoms with van der Waals surface area (Å²) in [6.45, 7) is 7.70. The number of pyridine rings is 1. The predicted molar refractivity (Wildman–Crippen MR) is 73.4 cm³/mol. The monoisotopic (exact) mass is 249 g/mol. The van der Waals surface area contributed by atoms with E-state index < -0.39 is 0 Å². The molecule has 4 nitrogen and oxygen atoms in total. The molecule has 0 radical (unpaired) electrons. The van der Waals surface area contributed by atoms with Gasteiger partial charge in [-0.05, 0) is 29.5 Å². The van der Waals surface area contributed by atoms with E-state index >= 15 is 0 Å². The number of hydrogen-bond donors (Lipinski definition) is 1. The van der Waals surface area contributed by atoms with Crippen LogP contribution in [0.1, 0.15) is 26.3 Å². The van der Waals surface area contributed by atoms with Crippen LogP contribution in [-0.4, -0.2) is 36.1 Å². The highest BCUT2D eigenvalue weighted by Crippen LogP contribution is 2.10. The molecule has 0 aliphatic carbocycles. The van der Waals surface area contributed by atoms with Gasteiger partial charge in [0.15, 0.2) is 0 Å². The Bertz CT molecular complexity index is 370. The molecule has 4 heteroatoms. The van der Waals surface area contributed by atoms with Crippen LogP contribution in [0, 0.1) is 5.41 Å². The molecule has 1 aromatic heterocycles. The van der Waals surface area contributed by atoms with Crippen LogP contribution >= 0.6 is 0 Å². The summed E-state index contributed by atoms with van der Waals surface area (Å²) in [7, 11) is 1.82. The van der Waals surface area contributed by atoms with Crippen LogP contribution < -0.4 is 5.32 Å². The second-order valence-electron chi connectivity index (χ2n) is 5.75. The Labute approximate surface area is 109 Å². The molecule has 0 fully saturated rings. The molecule has 1 N–H and O–H groups in total. The Morgan fingerprint density at radius 3 is 2.50 bits per heavy atom. The minimum absolute atomic E-state index is 0.0148. The summed E-state index contributed by atoms with van der Waals surface area (Å²) in [6.07, 6.45) is 4.39. The summed E-state index contributed by atoms with van der Waals surface area (Å²) in [5, 5.41) is 2.93. The fourth-order valence-electron chi connectivity index (χ4n) is 1.42. The number of hydrogen-bond acceptors (Lipinski definition) is 2. The highest BCUT2D eigenvalue weighted by molar-refractivity contribution is 5.73. The number of likely N-dealkylation sites (N-methyl/N-ethyl adjacent to an activating group) is 1. The molecule has 0 unspecified atom stereocenters. The lowest BCUT2D eigenvalue weighted by molar-refractivity contribution is 0.204. The van der Waals surface area contributed by atoms with E-state index in [0.29, 0.717) is 13.1 Å². The Morgan fingerprint density at radius 1 is 1.33 bits per heavy atom. The van der Waals surface area contributed by atoms with Crippen LogP contribution in [0.15, 0.2) is 24.5 Å². The Morgan fingerprint density at radius 2 is 1.94 bits per heavy atom. The number of nitrogens with one attached hydrogen (secondary N) is 1. The first-order chi connectivity index (χ1) is 8.38. The molecule has 0 saturated heterocycles. The Balaban J connectivity index is 2.32. The van der Waals surface area contributed by atoms with Gasteiger partial charge < -0.3 is 10.2 Å². The van der Waals surface area contributed by atoms with Crippen LogP contribution in [0.3, 0.4) is 0 Å². The molecule has 18 heavy (non-hydrogen) atoms. The van der Waals surface area contributed by atoms with Crippen LogP contribution in [0.5, 0.6) is 0 Å². The highest BCUT2D eigenvalue weighted by atomic mass is 16.2. The van der Waals surface area contributed by atoms with Gasteiger partial charge in [0.2, 0.25) is 0 Å². The fraction of sp³-hybridized carbons (Fsp3) is 0.571. The van der Waals surface area contributed by atoms with Crippen molar-refractivity contribution in [2.75, 3.05) is 20.1 Å². The number of carbonyl (C=O) groups excluding carboxylic acids is 1. The van der Waals surface area contributed by atoms with Gasteiger partial charge in [-0.25, -0.2) is 4.79 Å². The summed E-state index contributed by atoms with van der Waals surface area (Å²) in [4.78, 5) is 17.5. The van der Waals surface area contributed by atoms with E-state index in [4.69, 9.17) is 0 Å². The Hall–Kier alpha value is -1.58. The van der Waals surface area contributed by atoms with Gasteiger partial charge >= 0.3 is 6.03 Å². The topological polar surface area (TPSA) is 45.2 Å². The third kappa shape index (κ3) is 5.66. The Kier molecular flexibility index (Phi) is 5.13. The van der Waals surface area contributed by atoms with E-state index in [1.807, 2.05) is 19.2 Å². The zero-order valence-electron chi connectivity index (χ0n) is 11.7. The molecule has 0 aliphatic rings. The average Bonchev–Trinajstić information content (AvgIpc) is 2.33. The summed E-state index contributed by atoms with van der Waals surface area (Å²) < 4.78 is 0. The van der Waals surface area contributed by atoms with Crippen molar-refractivity contribution in [1.29, 1.82) is 0 Å². The van der Waals surface area contributed by atoms with Crippen LogP contribution in [-0.2, 0) is 6.42 Å². The maximum absolute atomic E-state index is 11.8.